The lowest BCUT2D eigenvalue weighted by Crippen LogP contribution is -2.60. The molecule has 10 nitrogen and oxygen atoms in total. The molecule has 0 spiro atoms. The highest BCUT2D eigenvalue weighted by atomic mass is 32.2. The molecule has 6 N–H and O–H groups in total. The fourth-order valence-corrected chi connectivity index (χ4v) is 3.74. The topological polar surface area (TPSA) is 157 Å². The van der Waals surface area contributed by atoms with E-state index in [4.69, 9.17) is 0 Å². The smallest absolute Gasteiger partial charge is 0.326 e. The molecule has 0 aromatic carbocycles. The van der Waals surface area contributed by atoms with Gasteiger partial charge >= 0.3 is 5.97 Å². The van der Waals surface area contributed by atoms with Crippen molar-refractivity contribution in [1.29, 1.82) is 0 Å². The molecule has 0 bridgehead atoms. The summed E-state index contributed by atoms with van der Waals surface area (Å²) in [5, 5.41) is 30.2. The highest BCUT2D eigenvalue weighted by Crippen LogP contribution is 2.10. The minimum Gasteiger partial charge on any atom is -0.480 e. The first kappa shape index (κ1) is 27.2. The third-order valence-electron chi connectivity index (χ3n) is 5.46. The molecule has 0 aromatic rings. The van der Waals surface area contributed by atoms with E-state index in [1.54, 1.807) is 13.8 Å². The van der Waals surface area contributed by atoms with Crippen molar-refractivity contribution in [1.82, 2.24) is 21.3 Å². The number of aliphatic carboxylic acids is 1. The van der Waals surface area contributed by atoms with Gasteiger partial charge in [0.15, 0.2) is 0 Å². The van der Waals surface area contributed by atoms with Crippen LogP contribution in [0.4, 0.5) is 0 Å². The van der Waals surface area contributed by atoms with E-state index in [-0.39, 0.29) is 17.9 Å². The maximum atomic E-state index is 12.9. The van der Waals surface area contributed by atoms with Crippen LogP contribution >= 0.6 is 11.8 Å². The molecule has 3 amide bonds. The summed E-state index contributed by atoms with van der Waals surface area (Å²) in [7, 11) is 0. The number of carbonyl (C=O) groups excluding carboxylic acids is 3. The third-order valence-corrected chi connectivity index (χ3v) is 6.10. The lowest BCUT2D eigenvalue weighted by Gasteiger charge is -2.27. The van der Waals surface area contributed by atoms with Crippen molar-refractivity contribution in [3.63, 3.8) is 0 Å². The van der Waals surface area contributed by atoms with Crippen LogP contribution in [0.25, 0.3) is 0 Å². The zero-order valence-corrected chi connectivity index (χ0v) is 19.5. The van der Waals surface area contributed by atoms with Crippen molar-refractivity contribution >= 4 is 35.5 Å². The van der Waals surface area contributed by atoms with E-state index in [2.05, 4.69) is 21.3 Å². The van der Waals surface area contributed by atoms with Gasteiger partial charge in [-0.1, -0.05) is 20.3 Å². The standard InChI is InChI=1S/C20H36N4O6S/c1-5-11(2)15(20(29)30)23-19(28)16(12(3)25)24-18(27)14(8-10-31-4)22-17(26)13-7-6-9-21-13/h11-16,21,25H,5-10H2,1-4H3,(H,22,26)(H,23,28)(H,24,27)(H,29,30). The Morgan fingerprint density at radius 2 is 1.74 bits per heavy atom. The largest absolute Gasteiger partial charge is 0.480 e. The van der Waals surface area contributed by atoms with Crippen LogP contribution < -0.4 is 21.3 Å². The zero-order valence-electron chi connectivity index (χ0n) is 18.6. The van der Waals surface area contributed by atoms with Crippen LogP contribution in [0.3, 0.4) is 0 Å². The van der Waals surface area contributed by atoms with Crippen LogP contribution in [-0.2, 0) is 19.2 Å². The van der Waals surface area contributed by atoms with Gasteiger partial charge in [-0.3, -0.25) is 14.4 Å². The molecule has 1 saturated heterocycles. The second kappa shape index (κ2) is 13.5. The molecule has 6 atom stereocenters. The highest BCUT2D eigenvalue weighted by Gasteiger charge is 2.34. The van der Waals surface area contributed by atoms with E-state index < -0.39 is 42.0 Å². The summed E-state index contributed by atoms with van der Waals surface area (Å²) < 4.78 is 0. The fraction of sp³-hybridized carbons (Fsp3) is 0.800. The Kier molecular flexibility index (Phi) is 11.9. The predicted molar refractivity (Wildman–Crippen MR) is 119 cm³/mol. The van der Waals surface area contributed by atoms with Gasteiger partial charge in [-0.2, -0.15) is 11.8 Å². The Morgan fingerprint density at radius 3 is 2.23 bits per heavy atom. The highest BCUT2D eigenvalue weighted by molar-refractivity contribution is 7.98. The Morgan fingerprint density at radius 1 is 1.10 bits per heavy atom. The number of carbonyl (C=O) groups is 4. The number of carboxylic acid groups (broad SMARTS) is 1. The monoisotopic (exact) mass is 460 g/mol. The van der Waals surface area contributed by atoms with Crippen molar-refractivity contribution in [2.75, 3.05) is 18.6 Å². The summed E-state index contributed by atoms with van der Waals surface area (Å²) in [5.41, 5.74) is 0. The van der Waals surface area contributed by atoms with Gasteiger partial charge in [0.05, 0.1) is 12.1 Å². The van der Waals surface area contributed by atoms with Crippen molar-refractivity contribution < 1.29 is 29.4 Å². The molecule has 1 rings (SSSR count). The molecule has 11 heteroatoms. The maximum absolute atomic E-state index is 12.9. The average Bonchev–Trinajstić information content (AvgIpc) is 3.26. The van der Waals surface area contributed by atoms with Gasteiger partial charge in [0, 0.05) is 0 Å². The molecule has 0 saturated carbocycles. The first-order valence-electron chi connectivity index (χ1n) is 10.7. The first-order chi connectivity index (χ1) is 14.6. The van der Waals surface area contributed by atoms with E-state index in [0.717, 1.165) is 13.0 Å². The van der Waals surface area contributed by atoms with Crippen molar-refractivity contribution in [2.45, 2.75) is 76.7 Å². The molecule has 0 radical (unpaired) electrons. The number of rotatable bonds is 13. The summed E-state index contributed by atoms with van der Waals surface area (Å²) in [6.45, 7) is 5.57. The number of aliphatic hydroxyl groups excluding tert-OH is 1. The first-order valence-corrected chi connectivity index (χ1v) is 12.1. The third kappa shape index (κ3) is 8.66. The lowest BCUT2D eigenvalue weighted by molar-refractivity contribution is -0.144. The van der Waals surface area contributed by atoms with Crippen LogP contribution in [-0.4, -0.2) is 82.7 Å². The molecular weight excluding hydrogens is 424 g/mol. The van der Waals surface area contributed by atoms with Crippen molar-refractivity contribution in [3.05, 3.63) is 0 Å². The molecule has 1 fully saturated rings. The summed E-state index contributed by atoms with van der Waals surface area (Å²) >= 11 is 1.51. The van der Waals surface area contributed by atoms with Crippen LogP contribution in [0.5, 0.6) is 0 Å². The fourth-order valence-electron chi connectivity index (χ4n) is 3.27. The molecule has 6 unspecified atom stereocenters. The quantitative estimate of drug-likeness (QED) is 0.214. The molecular formula is C20H36N4O6S. The molecule has 178 valence electrons. The minimum atomic E-state index is -1.35. The van der Waals surface area contributed by atoms with Crippen LogP contribution in [0.1, 0.15) is 46.5 Å². The summed E-state index contributed by atoms with van der Waals surface area (Å²) in [6.07, 6.45) is 3.06. The lowest BCUT2D eigenvalue weighted by atomic mass is 9.98. The molecule has 0 aliphatic carbocycles. The predicted octanol–water partition coefficient (Wildman–Crippen LogP) is -0.543. The number of hydrogen-bond donors (Lipinski definition) is 6. The molecule has 1 aliphatic heterocycles. The summed E-state index contributed by atoms with van der Waals surface area (Å²) in [4.78, 5) is 49.5. The Bertz CT molecular complexity index is 627. The summed E-state index contributed by atoms with van der Waals surface area (Å²) in [5.74, 6) is -2.58. The van der Waals surface area contributed by atoms with Crippen molar-refractivity contribution in [2.24, 2.45) is 5.92 Å². The minimum absolute atomic E-state index is 0.278. The van der Waals surface area contributed by atoms with Gasteiger partial charge in [0.2, 0.25) is 17.7 Å². The van der Waals surface area contributed by atoms with Gasteiger partial charge in [0.25, 0.3) is 0 Å². The van der Waals surface area contributed by atoms with Gasteiger partial charge < -0.3 is 31.5 Å². The average molecular weight is 461 g/mol. The summed E-state index contributed by atoms with van der Waals surface area (Å²) in [6, 6.07) is -3.72. The van der Waals surface area contributed by atoms with Crippen LogP contribution in [0.15, 0.2) is 0 Å². The van der Waals surface area contributed by atoms with E-state index in [1.165, 1.54) is 18.7 Å². The maximum Gasteiger partial charge on any atom is 0.326 e. The van der Waals surface area contributed by atoms with Crippen LogP contribution in [0, 0.1) is 5.92 Å². The van der Waals surface area contributed by atoms with E-state index >= 15 is 0 Å². The van der Waals surface area contributed by atoms with Gasteiger partial charge in [-0.15, -0.1) is 0 Å². The molecule has 31 heavy (non-hydrogen) atoms. The normalized spacial score (nSPS) is 20.7. The number of aliphatic hydroxyl groups is 1. The number of hydrogen-bond acceptors (Lipinski definition) is 7. The SMILES string of the molecule is CCC(C)C(NC(=O)C(NC(=O)C(CCSC)NC(=O)C1CCCN1)C(C)O)C(=O)O. The Hall–Kier alpha value is -1.85. The number of thioether (sulfide) groups is 1. The number of amides is 3. The molecule has 1 aliphatic rings. The van der Waals surface area contributed by atoms with Crippen molar-refractivity contribution in [3.8, 4) is 0 Å². The number of carboxylic acids is 1. The van der Waals surface area contributed by atoms with E-state index in [0.29, 0.717) is 25.0 Å². The van der Waals surface area contributed by atoms with Gasteiger partial charge in [-0.25, -0.2) is 4.79 Å². The Balaban J connectivity index is 2.87. The Labute approximate surface area is 187 Å². The van der Waals surface area contributed by atoms with E-state index in [1.807, 2.05) is 6.26 Å². The zero-order chi connectivity index (χ0) is 23.6. The molecule has 0 aromatic heterocycles. The number of nitrogens with one attached hydrogen (secondary N) is 4. The van der Waals surface area contributed by atoms with Gasteiger partial charge in [-0.05, 0) is 50.7 Å². The van der Waals surface area contributed by atoms with Crippen LogP contribution in [0.2, 0.25) is 0 Å². The molecule has 1 heterocycles. The second-order valence-corrected chi connectivity index (χ2v) is 8.91. The van der Waals surface area contributed by atoms with E-state index in [9.17, 15) is 29.4 Å². The second-order valence-electron chi connectivity index (χ2n) is 7.93. The van der Waals surface area contributed by atoms with Gasteiger partial charge in [0.1, 0.15) is 18.1 Å².